The molecule has 8 heteroatoms. The first-order valence-electron chi connectivity index (χ1n) is 14.7. The van der Waals surface area contributed by atoms with Crippen LogP contribution in [-0.4, -0.2) is 77.7 Å². The average molecular weight is 556 g/mol. The van der Waals surface area contributed by atoms with E-state index in [2.05, 4.69) is 35.9 Å². The highest BCUT2D eigenvalue weighted by Gasteiger charge is 2.18. The molecule has 0 unspecified atom stereocenters. The highest BCUT2D eigenvalue weighted by Crippen LogP contribution is 2.27. The van der Waals surface area contributed by atoms with Crippen molar-refractivity contribution in [1.82, 2.24) is 19.8 Å². The summed E-state index contributed by atoms with van der Waals surface area (Å²) in [5.41, 5.74) is 4.13. The molecule has 0 radical (unpaired) electrons. The van der Waals surface area contributed by atoms with E-state index in [4.69, 9.17) is 14.5 Å². The Balaban J connectivity index is 1.42. The Morgan fingerprint density at radius 2 is 1.80 bits per heavy atom. The van der Waals surface area contributed by atoms with Crippen LogP contribution in [0.1, 0.15) is 56.1 Å². The first-order chi connectivity index (χ1) is 20.0. The molecule has 0 saturated carbocycles. The molecule has 8 nitrogen and oxygen atoms in total. The highest BCUT2D eigenvalue weighted by atomic mass is 16.5. The molecule has 0 spiro atoms. The van der Waals surface area contributed by atoms with Crippen LogP contribution in [0.4, 0.5) is 0 Å². The topological polar surface area (TPSA) is 91.6 Å². The van der Waals surface area contributed by atoms with Crippen LogP contribution in [0.3, 0.4) is 0 Å². The predicted octanol–water partition coefficient (Wildman–Crippen LogP) is 4.90. The Morgan fingerprint density at radius 3 is 2.54 bits per heavy atom. The molecule has 0 bridgehead atoms. The number of rotatable bonds is 13. The zero-order valence-electron chi connectivity index (χ0n) is 24.5. The summed E-state index contributed by atoms with van der Waals surface area (Å²) in [5.74, 6) is 1.42. The third kappa shape index (κ3) is 8.59. The number of nitrogens with zero attached hydrogens (tertiary/aromatic N) is 5. The van der Waals surface area contributed by atoms with E-state index in [0.29, 0.717) is 49.7 Å². The quantitative estimate of drug-likeness (QED) is 0.296. The summed E-state index contributed by atoms with van der Waals surface area (Å²) in [4.78, 5) is 26.6. The van der Waals surface area contributed by atoms with Gasteiger partial charge >= 0.3 is 0 Å². The number of hydrogen-bond donors (Lipinski definition) is 0. The number of nitriles is 1. The van der Waals surface area contributed by atoms with Crippen molar-refractivity contribution < 1.29 is 14.3 Å². The third-order valence-corrected chi connectivity index (χ3v) is 7.59. The number of amides is 1. The maximum atomic E-state index is 13.0. The lowest BCUT2D eigenvalue weighted by Gasteiger charge is -2.25. The normalized spacial score (nSPS) is 13.6. The molecule has 1 saturated heterocycles. The van der Waals surface area contributed by atoms with E-state index in [1.165, 1.54) is 0 Å². The molecule has 1 aliphatic rings. The summed E-state index contributed by atoms with van der Waals surface area (Å²) in [5, 5.41) is 9.77. The van der Waals surface area contributed by atoms with Crippen molar-refractivity contribution in [2.75, 3.05) is 45.9 Å². The van der Waals surface area contributed by atoms with Gasteiger partial charge in [-0.2, -0.15) is 5.26 Å². The first kappa shape index (κ1) is 30.2. The largest absolute Gasteiger partial charge is 0.489 e. The van der Waals surface area contributed by atoms with E-state index < -0.39 is 0 Å². The van der Waals surface area contributed by atoms with Gasteiger partial charge in [0.05, 0.1) is 30.9 Å². The van der Waals surface area contributed by atoms with E-state index >= 15 is 0 Å². The Bertz CT molecular complexity index is 1330. The van der Waals surface area contributed by atoms with Gasteiger partial charge in [-0.05, 0) is 55.4 Å². The highest BCUT2D eigenvalue weighted by molar-refractivity contribution is 5.78. The monoisotopic (exact) mass is 555 g/mol. The van der Waals surface area contributed by atoms with Gasteiger partial charge in [0.2, 0.25) is 5.91 Å². The first-order valence-corrected chi connectivity index (χ1v) is 14.7. The molecule has 1 aliphatic heterocycles. The fourth-order valence-electron chi connectivity index (χ4n) is 5.08. The van der Waals surface area contributed by atoms with Crippen molar-refractivity contribution in [2.45, 2.75) is 52.6 Å². The number of ether oxygens (including phenoxy) is 2. The van der Waals surface area contributed by atoms with Crippen LogP contribution in [0.2, 0.25) is 0 Å². The maximum absolute atomic E-state index is 13.0. The van der Waals surface area contributed by atoms with Crippen LogP contribution in [0.25, 0.3) is 11.3 Å². The fraction of sp³-hybridized carbons (Fsp3) is 0.455. The Kier molecular flexibility index (Phi) is 11.2. The van der Waals surface area contributed by atoms with Gasteiger partial charge in [0.1, 0.15) is 23.7 Å². The van der Waals surface area contributed by atoms with E-state index in [1.807, 2.05) is 54.3 Å². The second kappa shape index (κ2) is 15.3. The van der Waals surface area contributed by atoms with Crippen LogP contribution >= 0.6 is 0 Å². The standard InChI is InChI=1S/C33H41N5O3/c1-4-37(5-2)16-17-38(6-3)33(39)22-26-9-7-8-25(20-26)21-32-35-15-12-30(36-32)27-10-11-31(28(23-27)24-34)41-29-13-18-40-19-14-29/h7-12,15,20,23,29H,4-6,13-14,16-19,21-22H2,1-3H3. The van der Waals surface area contributed by atoms with Gasteiger partial charge in [-0.25, -0.2) is 9.97 Å². The summed E-state index contributed by atoms with van der Waals surface area (Å²) >= 11 is 0. The zero-order chi connectivity index (χ0) is 29.0. The average Bonchev–Trinajstić information content (AvgIpc) is 3.00. The van der Waals surface area contributed by atoms with E-state index in [9.17, 15) is 10.1 Å². The van der Waals surface area contributed by atoms with Gasteiger partial charge in [0, 0.05) is 50.7 Å². The molecule has 0 N–H and O–H groups in total. The lowest BCUT2D eigenvalue weighted by molar-refractivity contribution is -0.130. The fourth-order valence-corrected chi connectivity index (χ4v) is 5.08. The van der Waals surface area contributed by atoms with Crippen LogP contribution in [0.5, 0.6) is 5.75 Å². The summed E-state index contributed by atoms with van der Waals surface area (Å²) in [6, 6.07) is 17.8. The van der Waals surface area contributed by atoms with Gasteiger partial charge in [0.15, 0.2) is 0 Å². The van der Waals surface area contributed by atoms with Gasteiger partial charge in [-0.15, -0.1) is 0 Å². The molecule has 3 aromatic rings. The molecule has 1 fully saturated rings. The van der Waals surface area contributed by atoms with Crippen LogP contribution < -0.4 is 4.74 Å². The van der Waals surface area contributed by atoms with Gasteiger partial charge in [-0.1, -0.05) is 38.1 Å². The molecule has 216 valence electrons. The molecule has 0 atom stereocenters. The van der Waals surface area contributed by atoms with E-state index in [-0.39, 0.29) is 12.0 Å². The number of aromatic nitrogens is 2. The zero-order valence-corrected chi connectivity index (χ0v) is 24.5. The minimum absolute atomic E-state index is 0.0657. The summed E-state index contributed by atoms with van der Waals surface area (Å²) in [6.07, 6.45) is 4.38. The maximum Gasteiger partial charge on any atom is 0.227 e. The minimum Gasteiger partial charge on any atom is -0.489 e. The SMILES string of the molecule is CCN(CC)CCN(CC)C(=O)Cc1cccc(Cc2nccc(-c3ccc(OC4CCOCC4)c(C#N)c3)n2)c1. The van der Waals surface area contributed by atoms with Crippen LogP contribution in [-0.2, 0) is 22.4 Å². The number of hydrogen-bond acceptors (Lipinski definition) is 7. The van der Waals surface area contributed by atoms with Crippen molar-refractivity contribution in [1.29, 1.82) is 5.26 Å². The van der Waals surface area contributed by atoms with Crippen molar-refractivity contribution in [3.8, 4) is 23.1 Å². The second-order valence-electron chi connectivity index (χ2n) is 10.3. The Labute approximate surface area is 243 Å². The van der Waals surface area contributed by atoms with Crippen molar-refractivity contribution in [3.05, 3.63) is 77.2 Å². The lowest BCUT2D eigenvalue weighted by Crippen LogP contribution is -2.39. The van der Waals surface area contributed by atoms with Gasteiger partial charge in [-0.3, -0.25) is 4.79 Å². The molecular weight excluding hydrogens is 514 g/mol. The van der Waals surface area contributed by atoms with Gasteiger partial charge in [0.25, 0.3) is 0 Å². The van der Waals surface area contributed by atoms with Crippen molar-refractivity contribution in [2.24, 2.45) is 0 Å². The van der Waals surface area contributed by atoms with Crippen LogP contribution in [0, 0.1) is 11.3 Å². The van der Waals surface area contributed by atoms with E-state index in [0.717, 1.165) is 61.4 Å². The molecule has 2 aromatic carbocycles. The molecule has 1 amide bonds. The molecule has 0 aliphatic carbocycles. The summed E-state index contributed by atoms with van der Waals surface area (Å²) in [6.45, 7) is 12.0. The third-order valence-electron chi connectivity index (χ3n) is 7.59. The number of carbonyl (C=O) groups is 1. The molecule has 2 heterocycles. The number of likely N-dealkylation sites (N-methyl/N-ethyl adjacent to an activating group) is 2. The van der Waals surface area contributed by atoms with Crippen molar-refractivity contribution >= 4 is 5.91 Å². The summed E-state index contributed by atoms with van der Waals surface area (Å²) < 4.78 is 11.5. The second-order valence-corrected chi connectivity index (χ2v) is 10.3. The molecule has 4 rings (SSSR count). The Morgan fingerprint density at radius 1 is 1.02 bits per heavy atom. The van der Waals surface area contributed by atoms with Crippen LogP contribution in [0.15, 0.2) is 54.7 Å². The molecular formula is C33H41N5O3. The summed E-state index contributed by atoms with van der Waals surface area (Å²) in [7, 11) is 0. The Hall–Kier alpha value is -3.80. The number of carbonyl (C=O) groups excluding carboxylic acids is 1. The van der Waals surface area contributed by atoms with Gasteiger partial charge < -0.3 is 19.3 Å². The molecule has 1 aromatic heterocycles. The minimum atomic E-state index is 0.0657. The number of benzene rings is 2. The molecule has 41 heavy (non-hydrogen) atoms. The van der Waals surface area contributed by atoms with E-state index in [1.54, 1.807) is 6.20 Å². The predicted molar refractivity (Wildman–Crippen MR) is 160 cm³/mol. The lowest BCUT2D eigenvalue weighted by atomic mass is 10.0. The van der Waals surface area contributed by atoms with Crippen molar-refractivity contribution in [3.63, 3.8) is 0 Å². The smallest absolute Gasteiger partial charge is 0.227 e.